The van der Waals surface area contributed by atoms with Crippen molar-refractivity contribution in [3.63, 3.8) is 0 Å². The predicted octanol–water partition coefficient (Wildman–Crippen LogP) is 9.87. The maximum Gasteiger partial charge on any atom is 0.0715 e. The molecule has 8 nitrogen and oxygen atoms in total. The van der Waals surface area contributed by atoms with Gasteiger partial charge in [-0.25, -0.2) is 0 Å². The zero-order chi connectivity index (χ0) is 47.2. The van der Waals surface area contributed by atoms with Crippen LogP contribution < -0.4 is 20.4 Å². The number of hydrogen-bond donors (Lipinski definition) is 0. The van der Waals surface area contributed by atoms with E-state index in [2.05, 4.69) is 27.7 Å². The molecule has 0 aromatic heterocycles. The van der Waals surface area contributed by atoms with Crippen LogP contribution in [0.2, 0.25) is 0 Å². The van der Waals surface area contributed by atoms with E-state index in [9.17, 15) is 39.6 Å². The van der Waals surface area contributed by atoms with Gasteiger partial charge in [-0.1, -0.05) is 227 Å². The summed E-state index contributed by atoms with van der Waals surface area (Å²) in [5, 5.41) is 42.1. The van der Waals surface area contributed by atoms with Crippen LogP contribution >= 0.6 is 0 Å². The van der Waals surface area contributed by atoms with E-state index in [1.165, 1.54) is 151 Å². The number of carboxylic acids is 4. The molecule has 0 unspecified atom stereocenters. The number of carbonyl (C=O) groups excluding carboxylic acids is 4. The minimum Gasteiger partial charge on any atom is -0.545 e. The third kappa shape index (κ3) is 31.3. The molecule has 0 fully saturated rings. The van der Waals surface area contributed by atoms with Crippen molar-refractivity contribution in [1.82, 2.24) is 0 Å². The molecule has 0 saturated carbocycles. The van der Waals surface area contributed by atoms with Gasteiger partial charge in [0.1, 0.15) is 0 Å². The Morgan fingerprint density at radius 3 is 0.569 bits per heavy atom. The van der Waals surface area contributed by atoms with Gasteiger partial charge in [0.25, 0.3) is 0 Å². The van der Waals surface area contributed by atoms with E-state index in [1.54, 1.807) is 48.5 Å². The molecule has 0 amide bonds. The number of benzene rings is 4. The Bertz CT molecular complexity index is 1530. The average Bonchev–Trinajstić information content (AvgIpc) is 3.30. The van der Waals surface area contributed by atoms with E-state index in [1.807, 2.05) is 48.5 Å². The summed E-state index contributed by atoms with van der Waals surface area (Å²) in [5.41, 5.74) is 5.87. The Hall–Kier alpha value is -4.32. The van der Waals surface area contributed by atoms with Crippen LogP contribution in [0.1, 0.15) is 220 Å². The summed E-state index contributed by atoms with van der Waals surface area (Å²) in [6, 6.07) is 28.0. The van der Waals surface area contributed by atoms with Crippen LogP contribution in [0.5, 0.6) is 0 Å². The molecule has 0 aliphatic heterocycles. The quantitative estimate of drug-likeness (QED) is 0.0401. The van der Waals surface area contributed by atoms with Gasteiger partial charge in [-0.2, -0.15) is 0 Å². The fourth-order valence-electron chi connectivity index (χ4n) is 6.96. The van der Waals surface area contributed by atoms with Gasteiger partial charge in [-0.15, -0.1) is 0 Å². The molecular weight excluding hydrogens is 1010 g/mol. The van der Waals surface area contributed by atoms with E-state index in [4.69, 9.17) is 0 Å². The van der Waals surface area contributed by atoms with Gasteiger partial charge >= 0.3 is 0 Å². The summed E-state index contributed by atoms with van der Waals surface area (Å²) < 4.78 is 0. The van der Waals surface area contributed by atoms with Crippen molar-refractivity contribution in [2.75, 3.05) is 0 Å². The van der Waals surface area contributed by atoms with Crippen LogP contribution in [0.25, 0.3) is 0 Å². The largest absolute Gasteiger partial charge is 0.545 e. The van der Waals surface area contributed by atoms with Gasteiger partial charge in [0, 0.05) is 27.3 Å². The van der Waals surface area contributed by atoms with Crippen LogP contribution in [0.4, 0.5) is 0 Å². The van der Waals surface area contributed by atoms with Crippen LogP contribution in [-0.2, 0) is 25.7 Å². The molecule has 0 aliphatic rings. The van der Waals surface area contributed by atoms with E-state index in [0.717, 1.165) is 25.7 Å². The standard InChI is InChI=1S/4C14H20O2.Pb/c4*1-2-3-4-5-6-7-12-8-10-13(11-9-12)14(15)16;/h4*8-11H,2-7H2,1H3,(H,15,16);/p-4. The minimum absolute atomic E-state index is 0. The molecule has 0 aliphatic carbocycles. The number of aromatic carboxylic acids is 4. The SMILES string of the molecule is CCCCCCCc1ccc(C(=O)[O-])cc1.CCCCCCCc1ccc(C(=O)[O-])cc1.CCCCCCCc1ccc(C(=O)[O-])cc1.CCCCCCCc1ccc(C(=O)[O-])cc1.[Pb]. The second-order valence-corrected chi connectivity index (χ2v) is 16.6. The molecule has 0 saturated heterocycles. The van der Waals surface area contributed by atoms with Crippen molar-refractivity contribution in [2.45, 2.75) is 182 Å². The topological polar surface area (TPSA) is 161 Å². The molecule has 4 radical (unpaired) electrons. The number of aryl methyl sites for hydroxylation is 4. The van der Waals surface area contributed by atoms with Crippen molar-refractivity contribution >= 4 is 51.2 Å². The van der Waals surface area contributed by atoms with Gasteiger partial charge in [0.2, 0.25) is 0 Å². The van der Waals surface area contributed by atoms with Gasteiger partial charge in [0.05, 0.1) is 23.9 Å². The van der Waals surface area contributed by atoms with E-state index in [-0.39, 0.29) is 49.6 Å². The molecule has 4 aromatic carbocycles. The number of carbonyl (C=O) groups is 4. The van der Waals surface area contributed by atoms with Crippen molar-refractivity contribution in [1.29, 1.82) is 0 Å². The molecule has 0 N–H and O–H groups in total. The summed E-state index contributed by atoms with van der Waals surface area (Å²) >= 11 is 0. The number of unbranched alkanes of at least 4 members (excludes halogenated alkanes) is 16. The summed E-state index contributed by atoms with van der Waals surface area (Å²) in [7, 11) is 0. The molecule has 0 heterocycles. The molecule has 65 heavy (non-hydrogen) atoms. The molecular formula is C56H76O8Pb-4. The summed E-state index contributed by atoms with van der Waals surface area (Å²) in [4.78, 5) is 42.1. The first-order chi connectivity index (χ1) is 30.9. The Labute approximate surface area is 411 Å². The van der Waals surface area contributed by atoms with E-state index in [0.29, 0.717) is 0 Å². The van der Waals surface area contributed by atoms with Crippen molar-refractivity contribution < 1.29 is 39.6 Å². The van der Waals surface area contributed by atoms with E-state index < -0.39 is 23.9 Å². The van der Waals surface area contributed by atoms with E-state index >= 15 is 0 Å². The molecule has 0 spiro atoms. The second-order valence-electron chi connectivity index (χ2n) is 16.6. The monoisotopic (exact) mass is 1080 g/mol. The zero-order valence-corrected chi connectivity index (χ0v) is 43.9. The van der Waals surface area contributed by atoms with Gasteiger partial charge < -0.3 is 39.6 Å². The molecule has 356 valence electrons. The maximum absolute atomic E-state index is 10.5. The predicted molar refractivity (Wildman–Crippen MR) is 259 cm³/mol. The first kappa shape index (κ1) is 60.7. The van der Waals surface area contributed by atoms with Gasteiger partial charge in [-0.05, 0) is 95.9 Å². The number of hydrogen-bond acceptors (Lipinski definition) is 8. The van der Waals surface area contributed by atoms with Crippen LogP contribution in [0, 0.1) is 0 Å². The van der Waals surface area contributed by atoms with Crippen molar-refractivity contribution in [2.24, 2.45) is 0 Å². The van der Waals surface area contributed by atoms with Crippen molar-refractivity contribution in [3.8, 4) is 0 Å². The average molecular weight is 1080 g/mol. The minimum atomic E-state index is -1.10. The molecule has 4 aromatic rings. The van der Waals surface area contributed by atoms with Crippen LogP contribution in [0.3, 0.4) is 0 Å². The van der Waals surface area contributed by atoms with Crippen LogP contribution in [-0.4, -0.2) is 51.2 Å². The smallest absolute Gasteiger partial charge is 0.0715 e. The Morgan fingerprint density at radius 2 is 0.431 bits per heavy atom. The summed E-state index contributed by atoms with van der Waals surface area (Å²) in [5.74, 6) is -4.41. The Balaban J connectivity index is 0.000000836. The summed E-state index contributed by atoms with van der Waals surface area (Å²) in [6.07, 6.45) is 29.4. The normalized spacial score (nSPS) is 10.2. The Morgan fingerprint density at radius 1 is 0.277 bits per heavy atom. The third-order valence-corrected chi connectivity index (χ3v) is 11.0. The first-order valence-corrected chi connectivity index (χ1v) is 24.2. The van der Waals surface area contributed by atoms with Crippen LogP contribution in [0.15, 0.2) is 97.1 Å². The number of rotatable bonds is 28. The van der Waals surface area contributed by atoms with Gasteiger partial charge in [-0.3, -0.25) is 0 Å². The third-order valence-electron chi connectivity index (χ3n) is 11.0. The molecule has 0 bridgehead atoms. The molecule has 9 heteroatoms. The van der Waals surface area contributed by atoms with Gasteiger partial charge in [0.15, 0.2) is 0 Å². The number of carboxylic acid groups (broad SMARTS) is 4. The maximum atomic E-state index is 10.5. The Kier molecular flexibility index (Phi) is 37.3. The van der Waals surface area contributed by atoms with Crippen molar-refractivity contribution in [3.05, 3.63) is 142 Å². The second kappa shape index (κ2) is 40.0. The molecule has 0 atom stereocenters. The molecule has 4 rings (SSSR count). The zero-order valence-electron chi connectivity index (χ0n) is 40.0. The first-order valence-electron chi connectivity index (χ1n) is 24.2. The summed E-state index contributed by atoms with van der Waals surface area (Å²) in [6.45, 7) is 8.83. The fourth-order valence-corrected chi connectivity index (χ4v) is 6.96. The fraction of sp³-hybridized carbons (Fsp3) is 0.500.